The van der Waals surface area contributed by atoms with Gasteiger partial charge in [0.2, 0.25) is 0 Å². The largest absolute Gasteiger partial charge is 0.456 e. The van der Waals surface area contributed by atoms with Crippen LogP contribution >= 0.6 is 11.3 Å². The molecular formula is C26H18N2OS. The van der Waals surface area contributed by atoms with E-state index >= 15 is 0 Å². The van der Waals surface area contributed by atoms with E-state index < -0.39 is 0 Å². The summed E-state index contributed by atoms with van der Waals surface area (Å²) >= 11 is 1.83. The Hall–Kier alpha value is -3.63. The van der Waals surface area contributed by atoms with Crippen molar-refractivity contribution in [2.24, 2.45) is 5.73 Å². The minimum atomic E-state index is 0.0602. The fourth-order valence-electron chi connectivity index (χ4n) is 4.38. The summed E-state index contributed by atoms with van der Waals surface area (Å²) in [7, 11) is 0. The first kappa shape index (κ1) is 17.2. The van der Waals surface area contributed by atoms with Crippen molar-refractivity contribution in [1.82, 2.24) is 0 Å². The zero-order valence-electron chi connectivity index (χ0n) is 16.3. The molecule has 0 saturated carbocycles. The van der Waals surface area contributed by atoms with Crippen LogP contribution in [0.4, 0.5) is 0 Å². The van der Waals surface area contributed by atoms with Crippen LogP contribution in [0.3, 0.4) is 0 Å². The number of aryl methyl sites for hydroxylation is 1. The zero-order valence-corrected chi connectivity index (χ0v) is 17.1. The lowest BCUT2D eigenvalue weighted by Crippen LogP contribution is -2.10. The molecule has 0 atom stereocenters. The van der Waals surface area contributed by atoms with Gasteiger partial charge in [-0.25, -0.2) is 0 Å². The summed E-state index contributed by atoms with van der Waals surface area (Å²) in [4.78, 5) is 0. The summed E-state index contributed by atoms with van der Waals surface area (Å²) in [5, 5.41) is 12.4. The summed E-state index contributed by atoms with van der Waals surface area (Å²) in [6.07, 6.45) is 0. The Labute approximate surface area is 176 Å². The van der Waals surface area contributed by atoms with Crippen molar-refractivity contribution in [3.05, 3.63) is 83.9 Å². The zero-order chi connectivity index (χ0) is 20.4. The molecule has 30 heavy (non-hydrogen) atoms. The molecule has 144 valence electrons. The second-order valence-electron chi connectivity index (χ2n) is 7.69. The molecule has 2 aromatic heterocycles. The number of rotatable bonds is 2. The Kier molecular flexibility index (Phi) is 3.55. The van der Waals surface area contributed by atoms with Crippen LogP contribution in [-0.4, -0.2) is 5.84 Å². The third kappa shape index (κ3) is 2.41. The monoisotopic (exact) mass is 406 g/mol. The Morgan fingerprint density at radius 2 is 1.60 bits per heavy atom. The van der Waals surface area contributed by atoms with Gasteiger partial charge in [0, 0.05) is 36.5 Å². The van der Waals surface area contributed by atoms with Gasteiger partial charge < -0.3 is 10.2 Å². The molecule has 3 nitrogen and oxygen atoms in total. The lowest BCUT2D eigenvalue weighted by molar-refractivity contribution is 0.669. The van der Waals surface area contributed by atoms with Crippen molar-refractivity contribution in [2.75, 3.05) is 0 Å². The Morgan fingerprint density at radius 3 is 2.43 bits per heavy atom. The highest BCUT2D eigenvalue weighted by Gasteiger charge is 2.17. The van der Waals surface area contributed by atoms with E-state index in [1.54, 1.807) is 0 Å². The normalized spacial score (nSPS) is 11.8. The molecule has 0 saturated heterocycles. The van der Waals surface area contributed by atoms with Gasteiger partial charge in [-0.2, -0.15) is 0 Å². The molecule has 3 N–H and O–H groups in total. The average Bonchev–Trinajstić information content (AvgIpc) is 3.30. The lowest BCUT2D eigenvalue weighted by Gasteiger charge is -2.07. The van der Waals surface area contributed by atoms with Gasteiger partial charge >= 0.3 is 0 Å². The SMILES string of the molecule is Cc1ccc2c(c1)sc1cccc(-c3cccc4oc5ccc(C(=N)N)cc5c34)c12. The van der Waals surface area contributed by atoms with Gasteiger partial charge in [-0.05, 0) is 60.0 Å². The number of nitrogen functional groups attached to an aromatic ring is 1. The first-order valence-corrected chi connectivity index (χ1v) is 10.6. The molecule has 2 heterocycles. The molecule has 0 aliphatic heterocycles. The van der Waals surface area contributed by atoms with E-state index in [1.807, 2.05) is 41.7 Å². The van der Waals surface area contributed by atoms with Crippen LogP contribution in [-0.2, 0) is 0 Å². The smallest absolute Gasteiger partial charge is 0.136 e. The fourth-order valence-corrected chi connectivity index (χ4v) is 5.61. The van der Waals surface area contributed by atoms with Gasteiger partial charge in [0.05, 0.1) is 0 Å². The second-order valence-corrected chi connectivity index (χ2v) is 8.77. The minimum Gasteiger partial charge on any atom is -0.456 e. The number of benzene rings is 4. The van der Waals surface area contributed by atoms with Crippen LogP contribution in [0.1, 0.15) is 11.1 Å². The number of hydrogen-bond acceptors (Lipinski definition) is 3. The summed E-state index contributed by atoms with van der Waals surface area (Å²) in [6, 6.07) is 25.1. The maximum Gasteiger partial charge on any atom is 0.136 e. The molecule has 0 aliphatic carbocycles. The van der Waals surface area contributed by atoms with Crippen molar-refractivity contribution in [3.8, 4) is 11.1 Å². The fraction of sp³-hybridized carbons (Fsp3) is 0.0385. The predicted octanol–water partition coefficient (Wildman–Crippen LogP) is 7.21. The number of nitrogens with two attached hydrogens (primary N) is 1. The standard InChI is InChI=1S/C26H18N2OS/c1-14-8-10-18-23(12-14)30-22-7-3-5-17(25(18)22)16-4-2-6-21-24(16)19-13-15(26(27)28)9-11-20(19)29-21/h2-13H,1H3,(H3,27,28). The molecule has 6 aromatic rings. The second kappa shape index (κ2) is 6.18. The molecule has 0 spiro atoms. The highest BCUT2D eigenvalue weighted by molar-refractivity contribution is 7.26. The van der Waals surface area contributed by atoms with Crippen molar-refractivity contribution >= 4 is 59.3 Å². The molecule has 0 amide bonds. The van der Waals surface area contributed by atoms with E-state index in [1.165, 1.54) is 31.3 Å². The Morgan fingerprint density at radius 1 is 0.800 bits per heavy atom. The van der Waals surface area contributed by atoms with Gasteiger partial charge in [0.25, 0.3) is 0 Å². The minimum absolute atomic E-state index is 0.0602. The van der Waals surface area contributed by atoms with Crippen LogP contribution in [0.5, 0.6) is 0 Å². The first-order valence-electron chi connectivity index (χ1n) is 9.82. The summed E-state index contributed by atoms with van der Waals surface area (Å²) < 4.78 is 8.72. The van der Waals surface area contributed by atoms with Crippen LogP contribution in [0.15, 0.2) is 77.2 Å². The Balaban J connectivity index is 1.76. The van der Waals surface area contributed by atoms with Gasteiger partial charge in [-0.1, -0.05) is 36.4 Å². The van der Waals surface area contributed by atoms with Gasteiger partial charge in [0.15, 0.2) is 0 Å². The molecule has 4 aromatic carbocycles. The number of fused-ring (bicyclic) bond motifs is 6. The summed E-state index contributed by atoms with van der Waals surface area (Å²) in [5.41, 5.74) is 11.7. The van der Waals surface area contributed by atoms with Crippen molar-refractivity contribution < 1.29 is 4.42 Å². The molecule has 0 aliphatic rings. The van der Waals surface area contributed by atoms with Crippen molar-refractivity contribution in [2.45, 2.75) is 6.92 Å². The van der Waals surface area contributed by atoms with E-state index in [0.29, 0.717) is 5.56 Å². The quantitative estimate of drug-likeness (QED) is 0.236. The third-order valence-electron chi connectivity index (χ3n) is 5.75. The maximum absolute atomic E-state index is 7.83. The lowest BCUT2D eigenvalue weighted by atomic mass is 9.95. The highest BCUT2D eigenvalue weighted by atomic mass is 32.1. The van der Waals surface area contributed by atoms with Gasteiger partial charge in [0.1, 0.15) is 17.0 Å². The number of amidine groups is 1. The van der Waals surface area contributed by atoms with Crippen molar-refractivity contribution in [1.29, 1.82) is 5.41 Å². The molecular weight excluding hydrogens is 388 g/mol. The summed E-state index contributed by atoms with van der Waals surface area (Å²) in [5.74, 6) is 0.0602. The summed E-state index contributed by atoms with van der Waals surface area (Å²) in [6.45, 7) is 2.13. The number of nitrogens with one attached hydrogen (secondary N) is 1. The molecule has 0 radical (unpaired) electrons. The van der Waals surface area contributed by atoms with E-state index in [0.717, 1.165) is 27.5 Å². The van der Waals surface area contributed by atoms with Crippen LogP contribution in [0, 0.1) is 12.3 Å². The third-order valence-corrected chi connectivity index (χ3v) is 6.87. The molecule has 4 heteroatoms. The van der Waals surface area contributed by atoms with E-state index in [9.17, 15) is 0 Å². The molecule has 0 unspecified atom stereocenters. The van der Waals surface area contributed by atoms with Gasteiger partial charge in [-0.15, -0.1) is 11.3 Å². The van der Waals surface area contributed by atoms with Gasteiger partial charge in [-0.3, -0.25) is 5.41 Å². The molecule has 6 rings (SSSR count). The predicted molar refractivity (Wildman–Crippen MR) is 128 cm³/mol. The molecule has 0 bridgehead atoms. The molecule has 0 fully saturated rings. The highest BCUT2D eigenvalue weighted by Crippen LogP contribution is 2.44. The number of hydrogen-bond donors (Lipinski definition) is 2. The topological polar surface area (TPSA) is 63.0 Å². The van der Waals surface area contributed by atoms with Crippen LogP contribution in [0.2, 0.25) is 0 Å². The van der Waals surface area contributed by atoms with Crippen LogP contribution < -0.4 is 5.73 Å². The maximum atomic E-state index is 7.83. The van der Waals surface area contributed by atoms with E-state index in [2.05, 4.69) is 49.4 Å². The van der Waals surface area contributed by atoms with Crippen LogP contribution in [0.25, 0.3) is 53.2 Å². The number of thiophene rings is 1. The van der Waals surface area contributed by atoms with E-state index in [-0.39, 0.29) is 5.84 Å². The Bertz CT molecular complexity index is 1640. The first-order chi connectivity index (χ1) is 14.6. The average molecular weight is 407 g/mol. The number of furan rings is 1. The van der Waals surface area contributed by atoms with E-state index in [4.69, 9.17) is 15.6 Å². The van der Waals surface area contributed by atoms with Crippen molar-refractivity contribution in [3.63, 3.8) is 0 Å².